The van der Waals surface area contributed by atoms with Crippen LogP contribution in [0.25, 0.3) is 0 Å². The smallest absolute Gasteiger partial charge is 0.165 e. The Morgan fingerprint density at radius 1 is 1.43 bits per heavy atom. The summed E-state index contributed by atoms with van der Waals surface area (Å²) in [5.74, 6) is 0.782. The van der Waals surface area contributed by atoms with Gasteiger partial charge >= 0.3 is 0 Å². The van der Waals surface area contributed by atoms with Crippen molar-refractivity contribution in [3.63, 3.8) is 0 Å². The van der Waals surface area contributed by atoms with E-state index in [2.05, 4.69) is 11.8 Å². The van der Waals surface area contributed by atoms with E-state index in [4.69, 9.17) is 4.74 Å². The molecule has 3 nitrogen and oxygen atoms in total. The van der Waals surface area contributed by atoms with Gasteiger partial charge in [-0.1, -0.05) is 13.0 Å². The van der Waals surface area contributed by atoms with Gasteiger partial charge in [0, 0.05) is 19.6 Å². The van der Waals surface area contributed by atoms with Crippen LogP contribution >= 0.6 is 0 Å². The molecule has 2 fully saturated rings. The number of piperidine rings is 1. The number of hydrogen-bond acceptors (Lipinski definition) is 3. The lowest BCUT2D eigenvalue weighted by Crippen LogP contribution is -2.51. The van der Waals surface area contributed by atoms with Crippen LogP contribution in [0.1, 0.15) is 31.7 Å². The van der Waals surface area contributed by atoms with Gasteiger partial charge in [-0.15, -0.1) is 0 Å². The minimum Gasteiger partial charge on any atom is -0.494 e. The summed E-state index contributed by atoms with van der Waals surface area (Å²) >= 11 is 0. The number of methoxy groups -OCH3 is 1. The Kier molecular flexibility index (Phi) is 3.93. The second-order valence-corrected chi connectivity index (χ2v) is 6.62. The molecule has 0 bridgehead atoms. The Morgan fingerprint density at radius 2 is 2.19 bits per heavy atom. The maximum Gasteiger partial charge on any atom is 0.165 e. The van der Waals surface area contributed by atoms with Gasteiger partial charge in [0.05, 0.1) is 12.7 Å². The molecule has 1 saturated carbocycles. The fourth-order valence-electron chi connectivity index (χ4n) is 3.61. The predicted octanol–water partition coefficient (Wildman–Crippen LogP) is 2.82. The lowest BCUT2D eigenvalue weighted by molar-refractivity contribution is -0.0832. The van der Waals surface area contributed by atoms with Gasteiger partial charge in [0.25, 0.3) is 0 Å². The van der Waals surface area contributed by atoms with Gasteiger partial charge in [0.1, 0.15) is 0 Å². The van der Waals surface area contributed by atoms with Crippen LogP contribution in [-0.2, 0) is 6.54 Å². The average molecular weight is 293 g/mol. The van der Waals surface area contributed by atoms with Crippen molar-refractivity contribution in [3.8, 4) is 5.75 Å². The zero-order valence-electron chi connectivity index (χ0n) is 12.8. The summed E-state index contributed by atoms with van der Waals surface area (Å²) in [5.41, 5.74) is 0.592. The molecule has 116 valence electrons. The van der Waals surface area contributed by atoms with E-state index in [0.717, 1.165) is 31.6 Å². The maximum atomic E-state index is 13.4. The van der Waals surface area contributed by atoms with Gasteiger partial charge in [-0.05, 0) is 48.8 Å². The third-order valence-electron chi connectivity index (χ3n) is 5.12. The molecule has 2 atom stereocenters. The molecule has 4 heteroatoms. The first kappa shape index (κ1) is 14.8. The Bertz CT molecular complexity index is 518. The Morgan fingerprint density at radius 3 is 2.81 bits per heavy atom. The molecule has 0 aromatic heterocycles. The van der Waals surface area contributed by atoms with Gasteiger partial charge < -0.3 is 9.84 Å². The lowest BCUT2D eigenvalue weighted by atomic mass is 9.78. The van der Waals surface area contributed by atoms with Crippen molar-refractivity contribution in [2.45, 2.75) is 38.3 Å². The maximum absolute atomic E-state index is 13.4. The number of rotatable bonds is 4. The van der Waals surface area contributed by atoms with E-state index in [1.165, 1.54) is 26.0 Å². The molecule has 1 aromatic carbocycles. The van der Waals surface area contributed by atoms with Gasteiger partial charge in [0.15, 0.2) is 11.6 Å². The fourth-order valence-corrected chi connectivity index (χ4v) is 3.61. The molecule has 2 aliphatic rings. The van der Waals surface area contributed by atoms with E-state index >= 15 is 0 Å². The van der Waals surface area contributed by atoms with E-state index in [-0.39, 0.29) is 5.82 Å². The molecule has 0 unspecified atom stereocenters. The van der Waals surface area contributed by atoms with Crippen LogP contribution in [0.4, 0.5) is 4.39 Å². The monoisotopic (exact) mass is 293 g/mol. The van der Waals surface area contributed by atoms with Crippen molar-refractivity contribution in [3.05, 3.63) is 29.6 Å². The minimum atomic E-state index is -0.461. The molecule has 1 heterocycles. The SMILES string of the molecule is COc1cc(CN2CC[C@@](O)(C3CC3)[C@H](C)C2)ccc1F. The van der Waals surface area contributed by atoms with Crippen LogP contribution in [0.5, 0.6) is 5.75 Å². The van der Waals surface area contributed by atoms with E-state index in [0.29, 0.717) is 17.6 Å². The zero-order chi connectivity index (χ0) is 15.0. The first-order valence-corrected chi connectivity index (χ1v) is 7.80. The second-order valence-electron chi connectivity index (χ2n) is 6.62. The zero-order valence-corrected chi connectivity index (χ0v) is 12.8. The molecular formula is C17H24FNO2. The molecule has 3 rings (SSSR count). The highest BCUT2D eigenvalue weighted by molar-refractivity contribution is 5.30. The quantitative estimate of drug-likeness (QED) is 0.926. The third-order valence-corrected chi connectivity index (χ3v) is 5.12. The normalized spacial score (nSPS) is 30.4. The molecule has 0 radical (unpaired) electrons. The van der Waals surface area contributed by atoms with Crippen molar-refractivity contribution in [1.82, 2.24) is 4.90 Å². The molecule has 1 N–H and O–H groups in total. The average Bonchev–Trinajstić information content (AvgIpc) is 3.30. The number of benzene rings is 1. The molecule has 1 aliphatic heterocycles. The summed E-state index contributed by atoms with van der Waals surface area (Å²) in [4.78, 5) is 2.34. The van der Waals surface area contributed by atoms with Crippen LogP contribution in [0, 0.1) is 17.7 Å². The summed E-state index contributed by atoms with van der Waals surface area (Å²) in [6.07, 6.45) is 3.20. The number of hydrogen-bond donors (Lipinski definition) is 1. The van der Waals surface area contributed by atoms with Gasteiger partial charge in [-0.2, -0.15) is 0 Å². The van der Waals surface area contributed by atoms with Crippen molar-refractivity contribution >= 4 is 0 Å². The standard InChI is InChI=1S/C17H24FNO2/c1-12-10-19(8-7-17(12,20)14-4-5-14)11-13-3-6-15(18)16(9-13)21-2/h3,6,9,12,14,20H,4-5,7-8,10-11H2,1-2H3/t12-,17+/m1/s1. The Labute approximate surface area is 125 Å². The van der Waals surface area contributed by atoms with Gasteiger partial charge in [-0.3, -0.25) is 4.90 Å². The largest absolute Gasteiger partial charge is 0.494 e. The second kappa shape index (κ2) is 5.58. The van der Waals surface area contributed by atoms with Crippen molar-refractivity contribution in [2.75, 3.05) is 20.2 Å². The van der Waals surface area contributed by atoms with Crippen LogP contribution in [0.3, 0.4) is 0 Å². The highest BCUT2D eigenvalue weighted by Gasteiger charge is 2.49. The summed E-state index contributed by atoms with van der Waals surface area (Å²) in [5, 5.41) is 10.8. The molecule has 0 spiro atoms. The third kappa shape index (κ3) is 2.92. The van der Waals surface area contributed by atoms with E-state index in [1.807, 2.05) is 6.07 Å². The molecule has 21 heavy (non-hydrogen) atoms. The molecule has 0 amide bonds. The lowest BCUT2D eigenvalue weighted by Gasteiger charge is -2.43. The highest BCUT2D eigenvalue weighted by atomic mass is 19.1. The topological polar surface area (TPSA) is 32.7 Å². The summed E-state index contributed by atoms with van der Waals surface area (Å²) < 4.78 is 18.5. The van der Waals surface area contributed by atoms with Crippen molar-refractivity contribution < 1.29 is 14.2 Å². The Hall–Kier alpha value is -1.13. The van der Waals surface area contributed by atoms with Crippen LogP contribution in [0.15, 0.2) is 18.2 Å². The van der Waals surface area contributed by atoms with E-state index in [9.17, 15) is 9.50 Å². The van der Waals surface area contributed by atoms with Gasteiger partial charge in [-0.25, -0.2) is 4.39 Å². The molecule has 1 aliphatic carbocycles. The number of aliphatic hydroxyl groups is 1. The first-order chi connectivity index (χ1) is 10.0. The highest BCUT2D eigenvalue weighted by Crippen LogP contribution is 2.47. The minimum absolute atomic E-state index is 0.293. The van der Waals surface area contributed by atoms with E-state index in [1.54, 1.807) is 6.07 Å². The fraction of sp³-hybridized carbons (Fsp3) is 0.647. The Balaban J connectivity index is 1.64. The van der Waals surface area contributed by atoms with E-state index < -0.39 is 5.60 Å². The summed E-state index contributed by atoms with van der Waals surface area (Å²) in [6, 6.07) is 5.04. The summed E-state index contributed by atoms with van der Waals surface area (Å²) in [6.45, 7) is 4.72. The predicted molar refractivity (Wildman–Crippen MR) is 79.7 cm³/mol. The number of halogens is 1. The number of ether oxygens (including phenoxy) is 1. The van der Waals surface area contributed by atoms with Crippen LogP contribution < -0.4 is 4.74 Å². The van der Waals surface area contributed by atoms with Crippen LogP contribution in [-0.4, -0.2) is 35.8 Å². The van der Waals surface area contributed by atoms with Crippen molar-refractivity contribution in [1.29, 1.82) is 0 Å². The number of likely N-dealkylation sites (tertiary alicyclic amines) is 1. The molecule has 1 aromatic rings. The summed E-state index contributed by atoms with van der Waals surface area (Å²) in [7, 11) is 1.49. The van der Waals surface area contributed by atoms with Crippen molar-refractivity contribution in [2.24, 2.45) is 11.8 Å². The molecular weight excluding hydrogens is 269 g/mol. The number of nitrogens with zero attached hydrogens (tertiary/aromatic N) is 1. The molecule has 1 saturated heterocycles. The van der Waals surface area contributed by atoms with Gasteiger partial charge in [0.2, 0.25) is 0 Å². The van der Waals surface area contributed by atoms with Crippen LogP contribution in [0.2, 0.25) is 0 Å². The first-order valence-electron chi connectivity index (χ1n) is 7.80.